The Morgan fingerprint density at radius 3 is 2.58 bits per heavy atom. The number of nitrogens with two attached hydrogens (primary N) is 1. The summed E-state index contributed by atoms with van der Waals surface area (Å²) in [6.07, 6.45) is 0.631. The fourth-order valence-electron chi connectivity index (χ4n) is 4.72. The molecule has 2 aromatic carbocycles. The van der Waals surface area contributed by atoms with Gasteiger partial charge in [0.1, 0.15) is 12.3 Å². The van der Waals surface area contributed by atoms with E-state index in [-0.39, 0.29) is 29.2 Å². The van der Waals surface area contributed by atoms with Gasteiger partial charge in [0.15, 0.2) is 9.84 Å². The van der Waals surface area contributed by atoms with Crippen molar-refractivity contribution in [1.29, 1.82) is 0 Å². The molecule has 3 aromatic rings. The molecule has 1 saturated carbocycles. The topological polar surface area (TPSA) is 98.4 Å². The number of alkyl halides is 3. The summed E-state index contributed by atoms with van der Waals surface area (Å²) in [7, 11) is -1.99. The number of nitrogens with one attached hydrogen (secondary N) is 2. The van der Waals surface area contributed by atoms with Gasteiger partial charge in [0.25, 0.3) is 0 Å². The van der Waals surface area contributed by atoms with E-state index in [1.165, 1.54) is 23.8 Å². The molecule has 7 nitrogen and oxygen atoms in total. The van der Waals surface area contributed by atoms with Crippen LogP contribution in [0.5, 0.6) is 5.75 Å². The van der Waals surface area contributed by atoms with Crippen molar-refractivity contribution in [2.45, 2.75) is 55.4 Å². The molecule has 1 aliphatic rings. The number of rotatable bonds is 7. The van der Waals surface area contributed by atoms with Gasteiger partial charge in [0.2, 0.25) is 0 Å². The van der Waals surface area contributed by atoms with Crippen molar-refractivity contribution in [1.82, 2.24) is 4.57 Å². The summed E-state index contributed by atoms with van der Waals surface area (Å²) in [4.78, 5) is 0.112. The van der Waals surface area contributed by atoms with E-state index in [0.717, 1.165) is 37.6 Å². The van der Waals surface area contributed by atoms with Gasteiger partial charge in [0.05, 0.1) is 35.4 Å². The van der Waals surface area contributed by atoms with E-state index in [1.54, 1.807) is 24.3 Å². The quantitative estimate of drug-likeness (QED) is 0.369. The molecular formula is C27H31F3N4O3S. The fraction of sp³-hybridized carbons (Fsp3) is 0.407. The highest BCUT2D eigenvalue weighted by atomic mass is 32.2. The maximum Gasteiger partial charge on any atom is 0.406 e. The number of aromatic nitrogens is 1. The normalized spacial score (nSPS) is 18.1. The number of nitrogens with zero attached hydrogens (tertiary/aromatic N) is 1. The van der Waals surface area contributed by atoms with Crippen LogP contribution in [0.3, 0.4) is 0 Å². The van der Waals surface area contributed by atoms with Gasteiger partial charge in [-0.25, -0.2) is 8.42 Å². The average Bonchev–Trinajstić information content (AvgIpc) is 3.19. The summed E-state index contributed by atoms with van der Waals surface area (Å²) >= 11 is 0. The highest BCUT2D eigenvalue weighted by Crippen LogP contribution is 2.32. The Balaban J connectivity index is 1.61. The molecule has 204 valence electrons. The third-order valence-corrected chi connectivity index (χ3v) is 7.74. The first kappa shape index (κ1) is 27.7. The number of fused-ring (bicyclic) bond motifs is 1. The molecule has 0 saturated heterocycles. The summed E-state index contributed by atoms with van der Waals surface area (Å²) in [5.74, 6) is 6.06. The standard InChI is InChI=1S/C27H31F3N4O3S/c1-37-26-16-19(38(2,35)36)12-13-24(26)32-14-6-7-18-15-20-22(33-23-9-4-3-8-21(23)31)10-5-11-25(20)34(18)17-27(28,29)30/h5,10-13,15-16,21,23,32-33H,3-4,8-9,14,17,31H2,1-2H3. The average molecular weight is 549 g/mol. The lowest BCUT2D eigenvalue weighted by molar-refractivity contribution is -0.140. The maximum absolute atomic E-state index is 13.5. The number of hydrogen-bond donors (Lipinski definition) is 3. The Kier molecular flexibility index (Phi) is 8.13. The first-order chi connectivity index (χ1) is 18.0. The van der Waals surface area contributed by atoms with E-state index in [2.05, 4.69) is 22.5 Å². The SMILES string of the molecule is COc1cc(S(C)(=O)=O)ccc1NCC#Cc1cc2c(NC3CCCCC3N)cccc2n1CC(F)(F)F. The molecule has 0 spiro atoms. The second-order valence-corrected chi connectivity index (χ2v) is 11.5. The first-order valence-corrected chi connectivity index (χ1v) is 14.2. The molecule has 1 aromatic heterocycles. The van der Waals surface area contributed by atoms with Crippen molar-refractivity contribution in [3.05, 3.63) is 48.2 Å². The van der Waals surface area contributed by atoms with Gasteiger partial charge >= 0.3 is 6.18 Å². The van der Waals surface area contributed by atoms with Gasteiger partial charge in [0, 0.05) is 35.5 Å². The van der Waals surface area contributed by atoms with Gasteiger partial charge in [-0.2, -0.15) is 13.2 Å². The number of hydrogen-bond acceptors (Lipinski definition) is 6. The molecule has 11 heteroatoms. The molecule has 0 aliphatic heterocycles. The Bertz CT molecular complexity index is 1470. The number of ether oxygens (including phenoxy) is 1. The molecule has 2 unspecified atom stereocenters. The smallest absolute Gasteiger partial charge is 0.406 e. The van der Waals surface area contributed by atoms with Crippen molar-refractivity contribution < 1.29 is 26.3 Å². The molecule has 0 amide bonds. The summed E-state index contributed by atoms with van der Waals surface area (Å²) in [6, 6.07) is 11.4. The molecule has 1 aliphatic carbocycles. The molecule has 2 atom stereocenters. The Morgan fingerprint density at radius 2 is 1.89 bits per heavy atom. The van der Waals surface area contributed by atoms with Gasteiger partial charge in [-0.05, 0) is 49.1 Å². The third kappa shape index (κ3) is 6.55. The zero-order valence-electron chi connectivity index (χ0n) is 21.2. The number of sulfone groups is 1. The summed E-state index contributed by atoms with van der Waals surface area (Å²) in [5, 5.41) is 7.15. The van der Waals surface area contributed by atoms with Crippen molar-refractivity contribution in [3.63, 3.8) is 0 Å². The van der Waals surface area contributed by atoms with Crippen molar-refractivity contribution in [2.24, 2.45) is 5.73 Å². The lowest BCUT2D eigenvalue weighted by Crippen LogP contribution is -2.42. The van der Waals surface area contributed by atoms with E-state index >= 15 is 0 Å². The minimum absolute atomic E-state index is 0.00917. The summed E-state index contributed by atoms with van der Waals surface area (Å²) < 4.78 is 70.5. The van der Waals surface area contributed by atoms with Crippen LogP contribution in [-0.2, 0) is 16.4 Å². The molecular weight excluding hydrogens is 517 g/mol. The highest BCUT2D eigenvalue weighted by molar-refractivity contribution is 7.90. The van der Waals surface area contributed by atoms with Crippen LogP contribution in [0.4, 0.5) is 24.5 Å². The molecule has 1 fully saturated rings. The van der Waals surface area contributed by atoms with Crippen molar-refractivity contribution in [2.75, 3.05) is 30.5 Å². The number of methoxy groups -OCH3 is 1. The van der Waals surface area contributed by atoms with Crippen LogP contribution < -0.4 is 21.1 Å². The highest BCUT2D eigenvalue weighted by Gasteiger charge is 2.30. The van der Waals surface area contributed by atoms with Crippen LogP contribution >= 0.6 is 0 Å². The minimum atomic E-state index is -4.43. The monoisotopic (exact) mass is 548 g/mol. The Labute approximate surface area is 220 Å². The summed E-state index contributed by atoms with van der Waals surface area (Å²) in [5.41, 5.74) is 8.21. The van der Waals surface area contributed by atoms with Gasteiger partial charge in [-0.3, -0.25) is 0 Å². The van der Waals surface area contributed by atoms with Gasteiger partial charge in [-0.15, -0.1) is 0 Å². The minimum Gasteiger partial charge on any atom is -0.495 e. The maximum atomic E-state index is 13.5. The second kappa shape index (κ2) is 11.2. The third-order valence-electron chi connectivity index (χ3n) is 6.63. The predicted molar refractivity (Wildman–Crippen MR) is 143 cm³/mol. The van der Waals surface area contributed by atoms with E-state index in [4.69, 9.17) is 10.5 Å². The van der Waals surface area contributed by atoms with Crippen molar-refractivity contribution in [3.8, 4) is 17.6 Å². The molecule has 0 radical (unpaired) electrons. The van der Waals surface area contributed by atoms with Crippen LogP contribution in [0, 0.1) is 11.8 Å². The van der Waals surface area contributed by atoms with Crippen LogP contribution in [0.25, 0.3) is 10.9 Å². The number of halogens is 3. The number of benzene rings is 2. The largest absolute Gasteiger partial charge is 0.495 e. The van der Waals surface area contributed by atoms with E-state index < -0.39 is 22.6 Å². The number of anilines is 2. The molecule has 4 N–H and O–H groups in total. The van der Waals surface area contributed by atoms with Crippen LogP contribution in [0.2, 0.25) is 0 Å². The summed E-state index contributed by atoms with van der Waals surface area (Å²) in [6.45, 7) is -1.06. The fourth-order valence-corrected chi connectivity index (χ4v) is 5.36. The van der Waals surface area contributed by atoms with E-state index in [1.807, 2.05) is 6.07 Å². The molecule has 0 bridgehead atoms. The van der Waals surface area contributed by atoms with Crippen molar-refractivity contribution >= 4 is 32.1 Å². The van der Waals surface area contributed by atoms with Crippen LogP contribution in [-0.4, -0.2) is 51.2 Å². The molecule has 4 rings (SSSR count). The van der Waals surface area contributed by atoms with Crippen LogP contribution in [0.1, 0.15) is 31.4 Å². The van der Waals surface area contributed by atoms with Crippen LogP contribution in [0.15, 0.2) is 47.4 Å². The zero-order chi connectivity index (χ0) is 27.5. The molecule has 38 heavy (non-hydrogen) atoms. The Morgan fingerprint density at radius 1 is 1.13 bits per heavy atom. The van der Waals surface area contributed by atoms with E-state index in [0.29, 0.717) is 22.3 Å². The second-order valence-electron chi connectivity index (χ2n) is 9.46. The van der Waals surface area contributed by atoms with Gasteiger partial charge < -0.3 is 25.7 Å². The molecule has 1 heterocycles. The zero-order valence-corrected chi connectivity index (χ0v) is 22.0. The lowest BCUT2D eigenvalue weighted by Gasteiger charge is -2.30. The lowest BCUT2D eigenvalue weighted by atomic mass is 9.91. The first-order valence-electron chi connectivity index (χ1n) is 12.3. The van der Waals surface area contributed by atoms with Gasteiger partial charge in [-0.1, -0.05) is 24.8 Å². The van der Waals surface area contributed by atoms with E-state index in [9.17, 15) is 21.6 Å². The predicted octanol–water partition coefficient (Wildman–Crippen LogP) is 4.76. The Hall–Kier alpha value is -3.36.